The molecule has 9 nitrogen and oxygen atoms in total. The second-order valence-corrected chi connectivity index (χ2v) is 9.77. The molecular formula is C30H32ClN5O4. The molecular weight excluding hydrogens is 530 g/mol. The SMILES string of the molecule is COc1ccc(-c2cn(-c3ccc(OC)cc3)c(NC(=O)CN(CCN(C)C)C(=O)c3ccc(Cl)cc3)n2)cc1. The van der Waals surface area contributed by atoms with Gasteiger partial charge in [0, 0.05) is 41.1 Å². The number of rotatable bonds is 11. The summed E-state index contributed by atoms with van der Waals surface area (Å²) in [5.41, 5.74) is 2.76. The molecule has 1 N–H and O–H groups in total. The third kappa shape index (κ3) is 7.19. The number of methoxy groups -OCH3 is 2. The Kier molecular flexibility index (Phi) is 9.42. The number of likely N-dealkylation sites (N-methyl/N-ethyl adjacent to an activating group) is 1. The average Bonchev–Trinajstić information content (AvgIpc) is 3.38. The van der Waals surface area contributed by atoms with Crippen LogP contribution in [0.4, 0.5) is 5.95 Å². The molecule has 0 atom stereocenters. The zero-order valence-corrected chi connectivity index (χ0v) is 23.7. The summed E-state index contributed by atoms with van der Waals surface area (Å²) in [5.74, 6) is 1.14. The molecule has 40 heavy (non-hydrogen) atoms. The van der Waals surface area contributed by atoms with Gasteiger partial charge in [-0.1, -0.05) is 11.6 Å². The highest BCUT2D eigenvalue weighted by atomic mass is 35.5. The molecule has 3 aromatic carbocycles. The zero-order valence-electron chi connectivity index (χ0n) is 22.9. The first-order chi connectivity index (χ1) is 19.3. The van der Waals surface area contributed by atoms with Crippen molar-refractivity contribution < 1.29 is 19.1 Å². The third-order valence-corrected chi connectivity index (χ3v) is 6.48. The number of carbonyl (C=O) groups excluding carboxylic acids is 2. The first kappa shape index (κ1) is 28.7. The molecule has 0 aliphatic rings. The largest absolute Gasteiger partial charge is 0.497 e. The summed E-state index contributed by atoms with van der Waals surface area (Å²) in [5, 5.41) is 3.45. The van der Waals surface area contributed by atoms with Crippen molar-refractivity contribution in [1.29, 1.82) is 0 Å². The highest BCUT2D eigenvalue weighted by Gasteiger charge is 2.21. The van der Waals surface area contributed by atoms with Crippen molar-refractivity contribution in [3.05, 3.63) is 89.6 Å². The highest BCUT2D eigenvalue weighted by molar-refractivity contribution is 6.30. The third-order valence-electron chi connectivity index (χ3n) is 6.22. The van der Waals surface area contributed by atoms with Crippen LogP contribution in [0.2, 0.25) is 5.02 Å². The fourth-order valence-corrected chi connectivity index (χ4v) is 4.12. The summed E-state index contributed by atoms with van der Waals surface area (Å²) >= 11 is 6.00. The molecule has 4 aromatic rings. The first-order valence-electron chi connectivity index (χ1n) is 12.6. The normalized spacial score (nSPS) is 10.8. The van der Waals surface area contributed by atoms with Gasteiger partial charge in [-0.2, -0.15) is 0 Å². The van der Waals surface area contributed by atoms with Crippen LogP contribution in [0.5, 0.6) is 11.5 Å². The van der Waals surface area contributed by atoms with E-state index in [1.54, 1.807) is 43.1 Å². The van der Waals surface area contributed by atoms with Crippen LogP contribution in [0.15, 0.2) is 79.0 Å². The van der Waals surface area contributed by atoms with Gasteiger partial charge in [-0.05, 0) is 86.9 Å². The average molecular weight is 562 g/mol. The lowest BCUT2D eigenvalue weighted by Crippen LogP contribution is -2.41. The van der Waals surface area contributed by atoms with Gasteiger partial charge in [0.15, 0.2) is 0 Å². The quantitative estimate of drug-likeness (QED) is 0.281. The number of amides is 2. The van der Waals surface area contributed by atoms with Gasteiger partial charge in [0.05, 0.1) is 19.9 Å². The summed E-state index contributed by atoms with van der Waals surface area (Å²) < 4.78 is 12.4. The summed E-state index contributed by atoms with van der Waals surface area (Å²) in [6.45, 7) is 0.809. The van der Waals surface area contributed by atoms with E-state index in [9.17, 15) is 9.59 Å². The minimum atomic E-state index is -0.372. The molecule has 208 valence electrons. The second-order valence-electron chi connectivity index (χ2n) is 9.33. The number of imidazole rings is 1. The van der Waals surface area contributed by atoms with E-state index in [-0.39, 0.29) is 18.4 Å². The van der Waals surface area contributed by atoms with Crippen LogP contribution < -0.4 is 14.8 Å². The number of carbonyl (C=O) groups is 2. The molecule has 0 spiro atoms. The van der Waals surface area contributed by atoms with Crippen LogP contribution in [0.1, 0.15) is 10.4 Å². The highest BCUT2D eigenvalue weighted by Crippen LogP contribution is 2.27. The van der Waals surface area contributed by atoms with Crippen molar-refractivity contribution in [2.24, 2.45) is 0 Å². The number of hydrogen-bond donors (Lipinski definition) is 1. The smallest absolute Gasteiger partial charge is 0.254 e. The van der Waals surface area contributed by atoms with Crippen LogP contribution in [-0.4, -0.2) is 79.1 Å². The van der Waals surface area contributed by atoms with Crippen LogP contribution >= 0.6 is 11.6 Å². The van der Waals surface area contributed by atoms with Gasteiger partial charge in [-0.3, -0.25) is 19.5 Å². The Morgan fingerprint density at radius 1 is 0.875 bits per heavy atom. The Morgan fingerprint density at radius 3 is 2.05 bits per heavy atom. The minimum Gasteiger partial charge on any atom is -0.497 e. The first-order valence-corrected chi connectivity index (χ1v) is 13.0. The van der Waals surface area contributed by atoms with E-state index in [4.69, 9.17) is 26.1 Å². The van der Waals surface area contributed by atoms with Gasteiger partial charge in [0.25, 0.3) is 5.91 Å². The molecule has 1 aromatic heterocycles. The maximum atomic E-state index is 13.3. The Bertz CT molecular complexity index is 1430. The molecule has 10 heteroatoms. The van der Waals surface area contributed by atoms with E-state index >= 15 is 0 Å². The van der Waals surface area contributed by atoms with Crippen LogP contribution in [0.25, 0.3) is 16.9 Å². The predicted octanol–water partition coefficient (Wildman–Crippen LogP) is 4.85. The van der Waals surface area contributed by atoms with Crippen molar-refractivity contribution in [3.8, 4) is 28.4 Å². The zero-order chi connectivity index (χ0) is 28.6. The molecule has 0 aliphatic heterocycles. The van der Waals surface area contributed by atoms with Crippen LogP contribution in [-0.2, 0) is 4.79 Å². The van der Waals surface area contributed by atoms with Crippen LogP contribution in [0, 0.1) is 0 Å². The molecule has 0 fully saturated rings. The Labute approximate surface area is 238 Å². The fourth-order valence-electron chi connectivity index (χ4n) is 3.99. The molecule has 0 aliphatic carbocycles. The minimum absolute atomic E-state index is 0.150. The van der Waals surface area contributed by atoms with Crippen molar-refractivity contribution in [2.45, 2.75) is 0 Å². The molecule has 2 amide bonds. The lowest BCUT2D eigenvalue weighted by Gasteiger charge is -2.24. The van der Waals surface area contributed by atoms with E-state index in [1.165, 1.54) is 4.90 Å². The number of benzene rings is 3. The topological polar surface area (TPSA) is 88.9 Å². The van der Waals surface area contributed by atoms with Gasteiger partial charge >= 0.3 is 0 Å². The number of anilines is 1. The number of nitrogens with zero attached hydrogens (tertiary/aromatic N) is 4. The van der Waals surface area contributed by atoms with Crippen molar-refractivity contribution in [3.63, 3.8) is 0 Å². The van der Waals surface area contributed by atoms with E-state index in [1.807, 2.05) is 73.7 Å². The molecule has 1 heterocycles. The van der Waals surface area contributed by atoms with Crippen molar-refractivity contribution in [1.82, 2.24) is 19.4 Å². The Hall–Kier alpha value is -4.34. The maximum absolute atomic E-state index is 13.3. The molecule has 0 radical (unpaired) electrons. The van der Waals surface area contributed by atoms with Gasteiger partial charge < -0.3 is 19.3 Å². The lowest BCUT2D eigenvalue weighted by molar-refractivity contribution is -0.117. The number of halogens is 1. The number of hydrogen-bond acceptors (Lipinski definition) is 6. The Balaban J connectivity index is 1.61. The standard InChI is InChI=1S/C30H32ClN5O4/c1-34(2)17-18-35(29(38)22-5-9-23(31)10-6-22)20-28(37)33-30-32-27(21-7-13-25(39-3)14-8-21)19-36(30)24-11-15-26(40-4)16-12-24/h5-16,19H,17-18,20H2,1-4H3,(H,32,33,37). The van der Waals surface area contributed by atoms with Gasteiger partial charge in [-0.25, -0.2) is 4.98 Å². The predicted molar refractivity (Wildman–Crippen MR) is 157 cm³/mol. The van der Waals surface area contributed by atoms with E-state index < -0.39 is 0 Å². The summed E-state index contributed by atoms with van der Waals surface area (Å²) in [6.07, 6.45) is 1.85. The summed E-state index contributed by atoms with van der Waals surface area (Å²) in [7, 11) is 7.04. The molecule has 0 saturated heterocycles. The van der Waals surface area contributed by atoms with Crippen molar-refractivity contribution >= 4 is 29.4 Å². The monoisotopic (exact) mass is 561 g/mol. The maximum Gasteiger partial charge on any atom is 0.254 e. The van der Waals surface area contributed by atoms with Crippen molar-refractivity contribution in [2.75, 3.05) is 53.3 Å². The molecule has 0 bridgehead atoms. The summed E-state index contributed by atoms with van der Waals surface area (Å²) in [6, 6.07) is 21.6. The lowest BCUT2D eigenvalue weighted by atomic mass is 10.1. The summed E-state index contributed by atoms with van der Waals surface area (Å²) in [4.78, 5) is 34.8. The number of aromatic nitrogens is 2. The van der Waals surface area contributed by atoms with Gasteiger partial charge in [0.1, 0.15) is 18.0 Å². The Morgan fingerprint density at radius 2 is 1.48 bits per heavy atom. The van der Waals surface area contributed by atoms with E-state index in [0.717, 1.165) is 17.0 Å². The number of nitrogens with one attached hydrogen (secondary N) is 1. The second kappa shape index (κ2) is 13.1. The molecule has 4 rings (SSSR count). The van der Waals surface area contributed by atoms with Crippen LogP contribution in [0.3, 0.4) is 0 Å². The van der Waals surface area contributed by atoms with Gasteiger partial charge in [0.2, 0.25) is 11.9 Å². The number of ether oxygens (including phenoxy) is 2. The molecule has 0 unspecified atom stereocenters. The van der Waals surface area contributed by atoms with Gasteiger partial charge in [-0.15, -0.1) is 0 Å². The van der Waals surface area contributed by atoms with E-state index in [0.29, 0.717) is 41.1 Å². The molecule has 0 saturated carbocycles. The van der Waals surface area contributed by atoms with E-state index in [2.05, 4.69) is 5.32 Å². The fraction of sp³-hybridized carbons (Fsp3) is 0.233.